The number of fused-ring (bicyclic) bond motifs is 3. The molecule has 33 heavy (non-hydrogen) atoms. The molecule has 2 saturated heterocycles. The van der Waals surface area contributed by atoms with E-state index in [2.05, 4.69) is 44.4 Å². The van der Waals surface area contributed by atoms with E-state index in [1.54, 1.807) is 36.0 Å². The Morgan fingerprint density at radius 1 is 1.24 bits per heavy atom. The molecule has 9 heteroatoms. The van der Waals surface area contributed by atoms with Gasteiger partial charge in [-0.05, 0) is 51.6 Å². The Balaban J connectivity index is 1.35. The molecule has 8 nitrogen and oxygen atoms in total. The first kappa shape index (κ1) is 20.0. The molecule has 3 fully saturated rings. The fraction of sp³-hybridized carbons (Fsp3) is 0.333. The molecule has 0 spiro atoms. The Morgan fingerprint density at radius 2 is 2.09 bits per heavy atom. The standard InChI is InChI=1S/C24H24FN7O/c1-13-10-31-12-15(9-18(25)23(31)27-13)28-24(33)17-4-5-19(16-6-7-26-29-21(16)17)32-11-14-8-20(32)22(14)30(2)3/h4-7,9-10,12,14,20,22H,8,11H2,1-3H3,(H,28,33)/t14-,20-,22?/m1/s1. The van der Waals surface area contributed by atoms with Crippen LogP contribution in [0.25, 0.3) is 16.6 Å². The van der Waals surface area contributed by atoms with Crippen molar-refractivity contribution in [2.75, 3.05) is 30.9 Å². The van der Waals surface area contributed by atoms with Crippen LogP contribution >= 0.6 is 0 Å². The van der Waals surface area contributed by atoms with Crippen LogP contribution in [-0.4, -0.2) is 63.1 Å². The van der Waals surface area contributed by atoms with Gasteiger partial charge in [0.1, 0.15) is 5.52 Å². The molecule has 3 aromatic heterocycles. The molecule has 7 rings (SSSR count). The van der Waals surface area contributed by atoms with Gasteiger partial charge in [-0.1, -0.05) is 0 Å². The third-order valence-electron chi connectivity index (χ3n) is 6.95. The highest BCUT2D eigenvalue weighted by molar-refractivity contribution is 6.13. The van der Waals surface area contributed by atoms with Crippen LogP contribution in [0.2, 0.25) is 0 Å². The van der Waals surface area contributed by atoms with Gasteiger partial charge in [-0.15, -0.1) is 5.10 Å². The Bertz CT molecular complexity index is 1410. The Labute approximate surface area is 190 Å². The van der Waals surface area contributed by atoms with E-state index in [9.17, 15) is 9.18 Å². The summed E-state index contributed by atoms with van der Waals surface area (Å²) in [5.74, 6) is -0.196. The zero-order chi connectivity index (χ0) is 22.9. The van der Waals surface area contributed by atoms with E-state index < -0.39 is 5.82 Å². The van der Waals surface area contributed by atoms with Crippen LogP contribution in [0.1, 0.15) is 22.5 Å². The van der Waals surface area contributed by atoms with Crippen LogP contribution < -0.4 is 10.2 Å². The maximum Gasteiger partial charge on any atom is 0.257 e. The van der Waals surface area contributed by atoms with Crippen molar-refractivity contribution in [3.05, 3.63) is 59.9 Å². The van der Waals surface area contributed by atoms with Crippen molar-refractivity contribution in [1.29, 1.82) is 0 Å². The van der Waals surface area contributed by atoms with Crippen molar-refractivity contribution in [2.24, 2.45) is 5.92 Å². The number of carbonyl (C=O) groups excluding carboxylic acids is 1. The van der Waals surface area contributed by atoms with Gasteiger partial charge < -0.3 is 19.5 Å². The molecule has 1 N–H and O–H groups in total. The molecule has 168 valence electrons. The van der Waals surface area contributed by atoms with Gasteiger partial charge in [0, 0.05) is 48.2 Å². The minimum Gasteiger partial charge on any atom is -0.366 e. The number of benzene rings is 1. The Kier molecular flexibility index (Phi) is 4.38. The summed E-state index contributed by atoms with van der Waals surface area (Å²) in [6.07, 6.45) is 6.21. The van der Waals surface area contributed by atoms with E-state index in [4.69, 9.17) is 0 Å². The number of amides is 1. The quantitative estimate of drug-likeness (QED) is 0.520. The normalized spacial score (nSPS) is 21.7. The van der Waals surface area contributed by atoms with E-state index in [1.807, 2.05) is 12.1 Å². The van der Waals surface area contributed by atoms with Crippen molar-refractivity contribution in [1.82, 2.24) is 24.5 Å². The maximum absolute atomic E-state index is 14.5. The summed E-state index contributed by atoms with van der Waals surface area (Å²) in [6, 6.07) is 7.99. The first-order chi connectivity index (χ1) is 15.9. The number of imidazole rings is 1. The minimum atomic E-state index is -0.496. The maximum atomic E-state index is 14.5. The van der Waals surface area contributed by atoms with Crippen molar-refractivity contribution in [3.63, 3.8) is 0 Å². The molecule has 3 aliphatic rings. The van der Waals surface area contributed by atoms with E-state index in [1.165, 1.54) is 12.5 Å². The summed E-state index contributed by atoms with van der Waals surface area (Å²) in [4.78, 5) is 22.1. The van der Waals surface area contributed by atoms with Crippen LogP contribution in [0.15, 0.2) is 42.9 Å². The number of aryl methyl sites for hydroxylation is 1. The van der Waals surface area contributed by atoms with Gasteiger partial charge in [0.05, 0.1) is 23.1 Å². The average Bonchev–Trinajstić information content (AvgIpc) is 3.45. The lowest BCUT2D eigenvalue weighted by Gasteiger charge is -2.41. The highest BCUT2D eigenvalue weighted by atomic mass is 19.1. The molecule has 1 amide bonds. The monoisotopic (exact) mass is 445 g/mol. The lowest BCUT2D eigenvalue weighted by Crippen LogP contribution is -2.52. The number of halogens is 1. The van der Waals surface area contributed by atoms with Gasteiger partial charge in [-0.25, -0.2) is 9.37 Å². The SMILES string of the molecule is Cc1cn2cc(NC(=O)c3ccc(N4C[C@H]5C[C@@H]4C5N(C)C)c4ccnnc34)cc(F)c2n1. The molecule has 0 radical (unpaired) electrons. The van der Waals surface area contributed by atoms with Gasteiger partial charge in [0.25, 0.3) is 5.91 Å². The molecule has 1 aliphatic carbocycles. The highest BCUT2D eigenvalue weighted by Gasteiger charge is 2.53. The zero-order valence-electron chi connectivity index (χ0n) is 18.7. The van der Waals surface area contributed by atoms with Gasteiger partial charge in [0.2, 0.25) is 0 Å². The number of hydrogen-bond acceptors (Lipinski definition) is 6. The number of pyridine rings is 1. The molecular weight excluding hydrogens is 421 g/mol. The van der Waals surface area contributed by atoms with E-state index in [-0.39, 0.29) is 11.6 Å². The van der Waals surface area contributed by atoms with Gasteiger partial charge >= 0.3 is 0 Å². The molecular formula is C24H24FN7O. The summed E-state index contributed by atoms with van der Waals surface area (Å²) in [6.45, 7) is 2.79. The summed E-state index contributed by atoms with van der Waals surface area (Å²) in [5.41, 5.74) is 3.29. The van der Waals surface area contributed by atoms with E-state index in [0.29, 0.717) is 40.5 Å². The second-order valence-electron chi connectivity index (χ2n) is 9.24. The number of nitrogens with zero attached hydrogens (tertiary/aromatic N) is 6. The van der Waals surface area contributed by atoms with Crippen LogP contribution in [0.4, 0.5) is 15.8 Å². The average molecular weight is 446 g/mol. The topological polar surface area (TPSA) is 78.7 Å². The van der Waals surface area contributed by atoms with Gasteiger partial charge in [0.15, 0.2) is 11.5 Å². The number of aromatic nitrogens is 4. The number of likely N-dealkylation sites (N-methyl/N-ethyl adjacent to an activating group) is 1. The molecule has 1 unspecified atom stereocenters. The molecule has 2 aliphatic heterocycles. The van der Waals surface area contributed by atoms with Crippen LogP contribution in [0.5, 0.6) is 0 Å². The highest BCUT2D eigenvalue weighted by Crippen LogP contribution is 2.47. The Morgan fingerprint density at radius 3 is 2.88 bits per heavy atom. The lowest BCUT2D eigenvalue weighted by atomic mass is 9.79. The zero-order valence-corrected chi connectivity index (χ0v) is 18.7. The third kappa shape index (κ3) is 3.06. The predicted molar refractivity (Wildman–Crippen MR) is 124 cm³/mol. The molecule has 2 bridgehead atoms. The van der Waals surface area contributed by atoms with Crippen molar-refractivity contribution in [3.8, 4) is 0 Å². The minimum absolute atomic E-state index is 0.228. The molecule has 1 aromatic carbocycles. The second-order valence-corrected chi connectivity index (χ2v) is 9.24. The molecule has 4 aromatic rings. The summed E-state index contributed by atoms with van der Waals surface area (Å²) < 4.78 is 16.0. The van der Waals surface area contributed by atoms with Crippen LogP contribution in [0, 0.1) is 18.7 Å². The van der Waals surface area contributed by atoms with Crippen molar-refractivity contribution >= 4 is 33.8 Å². The van der Waals surface area contributed by atoms with Crippen molar-refractivity contribution in [2.45, 2.75) is 25.4 Å². The first-order valence-corrected chi connectivity index (χ1v) is 11.0. The van der Waals surface area contributed by atoms with Crippen LogP contribution in [-0.2, 0) is 0 Å². The fourth-order valence-electron chi connectivity index (χ4n) is 5.58. The summed E-state index contributed by atoms with van der Waals surface area (Å²) in [5, 5.41) is 12.0. The third-order valence-corrected chi connectivity index (χ3v) is 6.95. The predicted octanol–water partition coefficient (Wildman–Crippen LogP) is 3.12. The first-order valence-electron chi connectivity index (χ1n) is 11.0. The summed E-state index contributed by atoms with van der Waals surface area (Å²) in [7, 11) is 4.27. The largest absolute Gasteiger partial charge is 0.366 e. The van der Waals surface area contributed by atoms with Crippen LogP contribution in [0.3, 0.4) is 0 Å². The smallest absolute Gasteiger partial charge is 0.257 e. The second kappa shape index (κ2) is 7.21. The molecule has 1 saturated carbocycles. The number of anilines is 2. The fourth-order valence-corrected chi connectivity index (χ4v) is 5.58. The lowest BCUT2D eigenvalue weighted by molar-refractivity contribution is 0.102. The number of nitrogens with one attached hydrogen (secondary N) is 1. The number of rotatable bonds is 4. The molecule has 5 heterocycles. The van der Waals surface area contributed by atoms with E-state index >= 15 is 0 Å². The number of hydrogen-bond donors (Lipinski definition) is 1. The Hall–Kier alpha value is -3.59. The molecule has 3 atom stereocenters. The van der Waals surface area contributed by atoms with Crippen molar-refractivity contribution < 1.29 is 9.18 Å². The number of carbonyl (C=O) groups is 1. The summed E-state index contributed by atoms with van der Waals surface area (Å²) >= 11 is 0. The van der Waals surface area contributed by atoms with Gasteiger partial charge in [-0.3, -0.25) is 4.79 Å². The van der Waals surface area contributed by atoms with E-state index in [0.717, 1.165) is 17.6 Å². The van der Waals surface area contributed by atoms with Gasteiger partial charge in [-0.2, -0.15) is 5.10 Å².